The first-order valence-corrected chi connectivity index (χ1v) is 8.85. The Morgan fingerprint density at radius 1 is 1.30 bits per heavy atom. The fourth-order valence-corrected chi connectivity index (χ4v) is 3.72. The summed E-state index contributed by atoms with van der Waals surface area (Å²) in [5.41, 5.74) is 5.47. The van der Waals surface area contributed by atoms with Gasteiger partial charge in [0.1, 0.15) is 11.6 Å². The molecule has 128 valence electrons. The minimum Gasteiger partial charge on any atom is -0.459 e. The lowest BCUT2D eigenvalue weighted by Crippen LogP contribution is -2.56. The molecule has 0 saturated carbocycles. The molecule has 1 atom stereocenters. The molecule has 1 aliphatic rings. The predicted octanol–water partition coefficient (Wildman–Crippen LogP) is 0.573. The summed E-state index contributed by atoms with van der Waals surface area (Å²) < 4.78 is 31.9. The van der Waals surface area contributed by atoms with Crippen molar-refractivity contribution >= 4 is 21.7 Å². The van der Waals surface area contributed by atoms with E-state index in [4.69, 9.17) is 10.5 Å². The molecule has 0 amide bonds. The number of carbonyl (C=O) groups is 1. The summed E-state index contributed by atoms with van der Waals surface area (Å²) in [6, 6.07) is 5.34. The molecule has 8 heteroatoms. The Balaban J connectivity index is 2.14. The standard InChI is InChI=1S/C15H23N3O4S/c1-15(2,3)22-14(19)13-10-18(9-8-17-13)23(20,21)12-6-4-11(16)5-7-12/h4-7,13,17H,8-10,16H2,1-3H3. The fourth-order valence-electron chi connectivity index (χ4n) is 2.26. The minimum absolute atomic E-state index is 0.0433. The Morgan fingerprint density at radius 3 is 2.48 bits per heavy atom. The van der Waals surface area contributed by atoms with Gasteiger partial charge in [-0.3, -0.25) is 4.79 Å². The van der Waals surface area contributed by atoms with Crippen LogP contribution in [0.4, 0.5) is 5.69 Å². The zero-order valence-electron chi connectivity index (χ0n) is 13.6. The highest BCUT2D eigenvalue weighted by Crippen LogP contribution is 2.19. The molecule has 1 aromatic carbocycles. The number of benzene rings is 1. The molecule has 1 aliphatic heterocycles. The lowest BCUT2D eigenvalue weighted by atomic mass is 10.2. The number of hydrogen-bond donors (Lipinski definition) is 2. The van der Waals surface area contributed by atoms with Crippen molar-refractivity contribution < 1.29 is 17.9 Å². The third-order valence-corrected chi connectivity index (χ3v) is 5.23. The van der Waals surface area contributed by atoms with Crippen LogP contribution >= 0.6 is 0 Å². The average Bonchev–Trinajstić information content (AvgIpc) is 2.46. The summed E-state index contributed by atoms with van der Waals surface area (Å²) in [4.78, 5) is 12.3. The van der Waals surface area contributed by atoms with E-state index in [9.17, 15) is 13.2 Å². The van der Waals surface area contributed by atoms with Crippen LogP contribution in [0.5, 0.6) is 0 Å². The normalized spacial score (nSPS) is 20.2. The summed E-state index contributed by atoms with van der Waals surface area (Å²) in [5.74, 6) is -0.449. The predicted molar refractivity (Wildman–Crippen MR) is 87.2 cm³/mol. The van der Waals surface area contributed by atoms with Crippen molar-refractivity contribution in [3.05, 3.63) is 24.3 Å². The van der Waals surface area contributed by atoms with Crippen LogP contribution in [0, 0.1) is 0 Å². The van der Waals surface area contributed by atoms with Gasteiger partial charge < -0.3 is 15.8 Å². The number of hydrogen-bond acceptors (Lipinski definition) is 6. The molecular formula is C15H23N3O4S. The van der Waals surface area contributed by atoms with Gasteiger partial charge in [0.25, 0.3) is 0 Å². The first kappa shape index (κ1) is 17.7. The Morgan fingerprint density at radius 2 is 1.91 bits per heavy atom. The van der Waals surface area contributed by atoms with Crippen LogP contribution in [0.1, 0.15) is 20.8 Å². The number of nitrogen functional groups attached to an aromatic ring is 1. The van der Waals surface area contributed by atoms with Gasteiger partial charge in [0.15, 0.2) is 0 Å². The molecule has 3 N–H and O–H groups in total. The molecule has 7 nitrogen and oxygen atoms in total. The summed E-state index contributed by atoms with van der Waals surface area (Å²) in [7, 11) is -3.66. The second-order valence-electron chi connectivity index (χ2n) is 6.47. The topological polar surface area (TPSA) is 102 Å². The van der Waals surface area contributed by atoms with Crippen LogP contribution in [0.2, 0.25) is 0 Å². The second kappa shape index (κ2) is 6.46. The fraction of sp³-hybridized carbons (Fsp3) is 0.533. The van der Waals surface area contributed by atoms with E-state index in [1.54, 1.807) is 32.9 Å². The average molecular weight is 341 g/mol. The van der Waals surface area contributed by atoms with E-state index in [1.807, 2.05) is 0 Å². The van der Waals surface area contributed by atoms with E-state index >= 15 is 0 Å². The van der Waals surface area contributed by atoms with Crippen molar-refractivity contribution in [1.82, 2.24) is 9.62 Å². The smallest absolute Gasteiger partial charge is 0.325 e. The third kappa shape index (κ3) is 4.43. The van der Waals surface area contributed by atoms with Gasteiger partial charge in [-0.25, -0.2) is 8.42 Å². The molecule has 1 heterocycles. The lowest BCUT2D eigenvalue weighted by molar-refractivity contribution is -0.158. The Bertz CT molecular complexity index is 665. The molecule has 1 aromatic rings. The number of rotatable bonds is 3. The van der Waals surface area contributed by atoms with Gasteiger partial charge in [-0.05, 0) is 45.0 Å². The molecule has 0 aromatic heterocycles. The number of sulfonamides is 1. The van der Waals surface area contributed by atoms with Gasteiger partial charge in [-0.2, -0.15) is 4.31 Å². The summed E-state index contributed by atoms with van der Waals surface area (Å²) in [6.07, 6.45) is 0. The molecule has 0 bridgehead atoms. The van der Waals surface area contributed by atoms with Gasteiger partial charge in [0.2, 0.25) is 10.0 Å². The molecule has 0 radical (unpaired) electrons. The summed E-state index contributed by atoms with van der Waals surface area (Å²) >= 11 is 0. The molecular weight excluding hydrogens is 318 g/mol. The van der Waals surface area contributed by atoms with Gasteiger partial charge >= 0.3 is 5.97 Å². The molecule has 1 unspecified atom stereocenters. The number of nitrogens with two attached hydrogens (primary N) is 1. The van der Waals surface area contributed by atoms with E-state index in [0.29, 0.717) is 18.8 Å². The summed E-state index contributed by atoms with van der Waals surface area (Å²) in [5, 5.41) is 3.00. The second-order valence-corrected chi connectivity index (χ2v) is 8.41. The highest BCUT2D eigenvalue weighted by atomic mass is 32.2. The van der Waals surface area contributed by atoms with Crippen LogP contribution in [0.25, 0.3) is 0 Å². The number of anilines is 1. The number of nitrogens with zero attached hydrogens (tertiary/aromatic N) is 1. The van der Waals surface area contributed by atoms with Crippen molar-refractivity contribution in [2.45, 2.75) is 37.3 Å². The van der Waals surface area contributed by atoms with Crippen molar-refractivity contribution in [2.24, 2.45) is 0 Å². The highest BCUT2D eigenvalue weighted by molar-refractivity contribution is 7.89. The minimum atomic E-state index is -3.66. The van der Waals surface area contributed by atoms with Gasteiger partial charge in [-0.1, -0.05) is 0 Å². The van der Waals surface area contributed by atoms with Crippen molar-refractivity contribution in [3.8, 4) is 0 Å². The zero-order chi connectivity index (χ0) is 17.3. The van der Waals surface area contributed by atoms with Crippen LogP contribution < -0.4 is 11.1 Å². The van der Waals surface area contributed by atoms with Gasteiger partial charge in [0, 0.05) is 25.3 Å². The first-order valence-electron chi connectivity index (χ1n) is 7.41. The largest absolute Gasteiger partial charge is 0.459 e. The van der Waals surface area contributed by atoms with E-state index < -0.39 is 27.6 Å². The van der Waals surface area contributed by atoms with Crippen LogP contribution in [-0.2, 0) is 19.6 Å². The number of esters is 1. The SMILES string of the molecule is CC(C)(C)OC(=O)C1CN(S(=O)(=O)c2ccc(N)cc2)CCN1. The summed E-state index contributed by atoms with van der Waals surface area (Å²) in [6.45, 7) is 6.05. The zero-order valence-corrected chi connectivity index (χ0v) is 14.4. The molecule has 1 fully saturated rings. The number of carbonyl (C=O) groups excluding carboxylic acids is 1. The van der Waals surface area contributed by atoms with Crippen LogP contribution in [-0.4, -0.2) is 50.0 Å². The van der Waals surface area contributed by atoms with E-state index in [-0.39, 0.29) is 11.4 Å². The molecule has 2 rings (SSSR count). The van der Waals surface area contributed by atoms with Crippen molar-refractivity contribution in [2.75, 3.05) is 25.4 Å². The first-order chi connectivity index (χ1) is 10.6. The van der Waals surface area contributed by atoms with Gasteiger partial charge in [-0.15, -0.1) is 0 Å². The number of piperazine rings is 1. The van der Waals surface area contributed by atoms with E-state index in [1.165, 1.54) is 16.4 Å². The maximum absolute atomic E-state index is 12.7. The van der Waals surface area contributed by atoms with E-state index in [2.05, 4.69) is 5.32 Å². The maximum Gasteiger partial charge on any atom is 0.325 e. The van der Waals surface area contributed by atoms with Crippen molar-refractivity contribution in [3.63, 3.8) is 0 Å². The Kier molecular flexibility index (Phi) is 4.98. The Labute approximate surface area is 136 Å². The Hall–Kier alpha value is -1.64. The molecule has 0 spiro atoms. The monoisotopic (exact) mass is 341 g/mol. The number of nitrogens with one attached hydrogen (secondary N) is 1. The lowest BCUT2D eigenvalue weighted by Gasteiger charge is -2.33. The maximum atomic E-state index is 12.7. The third-order valence-electron chi connectivity index (χ3n) is 3.35. The molecule has 23 heavy (non-hydrogen) atoms. The van der Waals surface area contributed by atoms with Crippen LogP contribution in [0.15, 0.2) is 29.2 Å². The molecule has 1 saturated heterocycles. The number of ether oxygens (including phenoxy) is 1. The highest BCUT2D eigenvalue weighted by Gasteiger charge is 2.35. The van der Waals surface area contributed by atoms with Gasteiger partial charge in [0.05, 0.1) is 4.90 Å². The quantitative estimate of drug-likeness (QED) is 0.616. The van der Waals surface area contributed by atoms with Crippen molar-refractivity contribution in [1.29, 1.82) is 0 Å². The van der Waals surface area contributed by atoms with E-state index in [0.717, 1.165) is 0 Å². The van der Waals surface area contributed by atoms with Crippen LogP contribution in [0.3, 0.4) is 0 Å². The molecule has 0 aliphatic carbocycles.